The van der Waals surface area contributed by atoms with E-state index < -0.39 is 5.60 Å². The highest BCUT2D eigenvalue weighted by molar-refractivity contribution is 5.71. The summed E-state index contributed by atoms with van der Waals surface area (Å²) in [5.74, 6) is 0.266. The number of unbranched alkanes of at least 4 members (excludes halogenated alkanes) is 1. The molecule has 0 saturated heterocycles. The van der Waals surface area contributed by atoms with Crippen molar-refractivity contribution >= 4 is 5.97 Å². The van der Waals surface area contributed by atoms with Crippen molar-refractivity contribution in [2.75, 3.05) is 13.2 Å². The largest absolute Gasteiger partial charge is 0.460 e. The smallest absolute Gasteiger partial charge is 0.306 e. The molecule has 1 atom stereocenters. The standard InChI is InChI=1S/C21H32N2O4/c1-5-6-11-25-12-7-8-16(13-18(24)26-21(2,3)4)20-19(15-9-10-15)17(14-22)27-23-20/h15-16H,5-13H2,1-4H3/t16-/m0/s1. The van der Waals surface area contributed by atoms with Crippen molar-refractivity contribution in [3.05, 3.63) is 17.0 Å². The number of nitriles is 1. The lowest BCUT2D eigenvalue weighted by Gasteiger charge is -2.22. The second-order valence-corrected chi connectivity index (χ2v) is 8.29. The molecule has 27 heavy (non-hydrogen) atoms. The topological polar surface area (TPSA) is 85.3 Å². The lowest BCUT2D eigenvalue weighted by atomic mass is 9.91. The minimum Gasteiger partial charge on any atom is -0.460 e. The predicted octanol–water partition coefficient (Wildman–Crippen LogP) is 4.84. The number of carbonyl (C=O) groups is 1. The molecule has 0 aliphatic heterocycles. The Labute approximate surface area is 162 Å². The Kier molecular flexibility index (Phi) is 7.85. The highest BCUT2D eigenvalue weighted by Gasteiger charge is 2.36. The van der Waals surface area contributed by atoms with Gasteiger partial charge in [-0.25, -0.2) is 0 Å². The molecule has 0 spiro atoms. The summed E-state index contributed by atoms with van der Waals surface area (Å²) >= 11 is 0. The van der Waals surface area contributed by atoms with Gasteiger partial charge in [-0.3, -0.25) is 4.79 Å². The first-order valence-corrected chi connectivity index (χ1v) is 10.0. The summed E-state index contributed by atoms with van der Waals surface area (Å²) in [5, 5.41) is 13.5. The summed E-state index contributed by atoms with van der Waals surface area (Å²) in [5.41, 5.74) is 1.14. The van der Waals surface area contributed by atoms with Crippen molar-refractivity contribution in [1.29, 1.82) is 5.26 Å². The molecule has 1 saturated carbocycles. The molecule has 1 fully saturated rings. The van der Waals surface area contributed by atoms with Crippen molar-refractivity contribution in [2.45, 2.75) is 90.1 Å². The van der Waals surface area contributed by atoms with Gasteiger partial charge in [0.25, 0.3) is 0 Å². The first-order valence-electron chi connectivity index (χ1n) is 10.0. The zero-order valence-corrected chi connectivity index (χ0v) is 17.0. The fraction of sp³-hybridized carbons (Fsp3) is 0.762. The number of ether oxygens (including phenoxy) is 2. The number of aromatic nitrogens is 1. The van der Waals surface area contributed by atoms with E-state index in [9.17, 15) is 10.1 Å². The van der Waals surface area contributed by atoms with E-state index in [4.69, 9.17) is 14.0 Å². The summed E-state index contributed by atoms with van der Waals surface area (Å²) in [7, 11) is 0. The van der Waals surface area contributed by atoms with Crippen LogP contribution in [-0.4, -0.2) is 29.9 Å². The van der Waals surface area contributed by atoms with Crippen LogP contribution in [0.4, 0.5) is 0 Å². The van der Waals surface area contributed by atoms with E-state index in [1.807, 2.05) is 20.8 Å². The van der Waals surface area contributed by atoms with E-state index in [0.717, 1.165) is 56.4 Å². The predicted molar refractivity (Wildman–Crippen MR) is 101 cm³/mol. The van der Waals surface area contributed by atoms with Crippen molar-refractivity contribution in [3.8, 4) is 6.07 Å². The molecule has 1 aliphatic rings. The van der Waals surface area contributed by atoms with Crippen LogP contribution < -0.4 is 0 Å². The van der Waals surface area contributed by atoms with Crippen LogP contribution >= 0.6 is 0 Å². The molecule has 0 N–H and O–H groups in total. The molecule has 2 rings (SSSR count). The van der Waals surface area contributed by atoms with E-state index in [2.05, 4.69) is 18.1 Å². The summed E-state index contributed by atoms with van der Waals surface area (Å²) < 4.78 is 16.4. The van der Waals surface area contributed by atoms with Gasteiger partial charge in [-0.15, -0.1) is 0 Å². The minimum atomic E-state index is -0.522. The number of nitrogens with zero attached hydrogens (tertiary/aromatic N) is 2. The number of carbonyl (C=O) groups excluding carboxylic acids is 1. The van der Waals surface area contributed by atoms with E-state index in [-0.39, 0.29) is 18.3 Å². The maximum absolute atomic E-state index is 12.4. The molecule has 0 unspecified atom stereocenters. The molecule has 1 aromatic heterocycles. The van der Waals surface area contributed by atoms with Crippen molar-refractivity contribution in [3.63, 3.8) is 0 Å². The third-order valence-electron chi connectivity index (χ3n) is 4.55. The monoisotopic (exact) mass is 376 g/mol. The number of hydrogen-bond acceptors (Lipinski definition) is 6. The molecular formula is C21H32N2O4. The van der Waals surface area contributed by atoms with Gasteiger partial charge in [-0.1, -0.05) is 18.5 Å². The van der Waals surface area contributed by atoms with Gasteiger partial charge >= 0.3 is 5.97 Å². The van der Waals surface area contributed by atoms with Crippen LogP contribution in [0, 0.1) is 11.3 Å². The van der Waals surface area contributed by atoms with E-state index >= 15 is 0 Å². The first-order chi connectivity index (χ1) is 12.9. The highest BCUT2D eigenvalue weighted by Crippen LogP contribution is 2.46. The highest BCUT2D eigenvalue weighted by atomic mass is 16.6. The fourth-order valence-electron chi connectivity index (χ4n) is 3.15. The maximum atomic E-state index is 12.4. The average molecular weight is 376 g/mol. The van der Waals surface area contributed by atoms with Crippen LogP contribution in [0.15, 0.2) is 4.52 Å². The van der Waals surface area contributed by atoms with Gasteiger partial charge in [-0.2, -0.15) is 5.26 Å². The van der Waals surface area contributed by atoms with Gasteiger partial charge < -0.3 is 14.0 Å². The van der Waals surface area contributed by atoms with E-state index in [0.29, 0.717) is 18.3 Å². The van der Waals surface area contributed by atoms with Crippen molar-refractivity contribution in [1.82, 2.24) is 5.16 Å². The lowest BCUT2D eigenvalue weighted by Crippen LogP contribution is -2.25. The Bertz CT molecular complexity index is 650. The van der Waals surface area contributed by atoms with Crippen LogP contribution in [0.2, 0.25) is 0 Å². The molecule has 6 nitrogen and oxygen atoms in total. The second-order valence-electron chi connectivity index (χ2n) is 8.29. The summed E-state index contributed by atoms with van der Waals surface area (Å²) in [6, 6.07) is 2.10. The maximum Gasteiger partial charge on any atom is 0.306 e. The number of rotatable bonds is 11. The minimum absolute atomic E-state index is 0.115. The number of hydrogen-bond donors (Lipinski definition) is 0. The number of esters is 1. The van der Waals surface area contributed by atoms with Gasteiger partial charge in [0.1, 0.15) is 11.7 Å². The fourth-order valence-corrected chi connectivity index (χ4v) is 3.15. The van der Waals surface area contributed by atoms with Gasteiger partial charge in [0.05, 0.1) is 12.1 Å². The SMILES string of the molecule is CCCCOCCC[C@@H](CC(=O)OC(C)(C)C)c1noc(C#N)c1C1CC1. The third-order valence-corrected chi connectivity index (χ3v) is 4.55. The Morgan fingerprint density at radius 2 is 2.04 bits per heavy atom. The molecule has 6 heteroatoms. The Balaban J connectivity index is 2.06. The quantitative estimate of drug-likeness (QED) is 0.406. The molecule has 1 aliphatic carbocycles. The zero-order chi connectivity index (χ0) is 19.9. The lowest BCUT2D eigenvalue weighted by molar-refractivity contribution is -0.155. The molecule has 1 heterocycles. The van der Waals surface area contributed by atoms with Crippen LogP contribution in [0.1, 0.15) is 101 Å². The zero-order valence-electron chi connectivity index (χ0n) is 17.0. The molecule has 0 aromatic carbocycles. The summed E-state index contributed by atoms with van der Waals surface area (Å²) in [6.45, 7) is 9.15. The van der Waals surface area contributed by atoms with Gasteiger partial charge in [0.15, 0.2) is 0 Å². The Morgan fingerprint density at radius 3 is 2.63 bits per heavy atom. The van der Waals surface area contributed by atoms with Crippen molar-refractivity contribution in [2.24, 2.45) is 0 Å². The molecule has 1 aromatic rings. The van der Waals surface area contributed by atoms with Crippen molar-refractivity contribution < 1.29 is 18.8 Å². The van der Waals surface area contributed by atoms with Crippen LogP contribution in [0.25, 0.3) is 0 Å². The molecular weight excluding hydrogens is 344 g/mol. The van der Waals surface area contributed by atoms with Gasteiger partial charge in [-0.05, 0) is 58.8 Å². The average Bonchev–Trinajstić information content (AvgIpc) is 3.33. The molecule has 0 amide bonds. The Morgan fingerprint density at radius 1 is 1.33 bits per heavy atom. The van der Waals surface area contributed by atoms with Crippen LogP contribution in [0.3, 0.4) is 0 Å². The van der Waals surface area contributed by atoms with E-state index in [1.54, 1.807) is 0 Å². The van der Waals surface area contributed by atoms with Gasteiger partial charge in [0.2, 0.25) is 5.76 Å². The van der Waals surface area contributed by atoms with E-state index in [1.165, 1.54) is 0 Å². The van der Waals surface area contributed by atoms with Crippen LogP contribution in [-0.2, 0) is 14.3 Å². The first kappa shape index (κ1) is 21.4. The van der Waals surface area contributed by atoms with Gasteiger partial charge in [0, 0.05) is 24.7 Å². The molecule has 0 bridgehead atoms. The summed E-state index contributed by atoms with van der Waals surface area (Å²) in [6.07, 6.45) is 6.08. The second kappa shape index (κ2) is 9.89. The Hall–Kier alpha value is -1.87. The third kappa shape index (κ3) is 6.99. The normalized spacial score (nSPS) is 15.4. The molecule has 0 radical (unpaired) electrons. The van der Waals surface area contributed by atoms with Crippen LogP contribution in [0.5, 0.6) is 0 Å². The molecule has 150 valence electrons. The summed E-state index contributed by atoms with van der Waals surface area (Å²) in [4.78, 5) is 12.4.